The van der Waals surface area contributed by atoms with Gasteiger partial charge in [0, 0.05) is 25.2 Å². The number of unbranched alkanes of at least 4 members (excludes halogenated alkanes) is 5. The fourth-order valence-electron chi connectivity index (χ4n) is 10.5. The number of ether oxygens (including phenoxy) is 1. The Morgan fingerprint density at radius 1 is 0.911 bits per heavy atom. The smallest absolute Gasteiger partial charge is 0.306 e. The van der Waals surface area contributed by atoms with E-state index in [-0.39, 0.29) is 29.5 Å². The Morgan fingerprint density at radius 2 is 1.64 bits per heavy atom. The highest BCUT2D eigenvalue weighted by Crippen LogP contribution is 2.67. The molecule has 4 rings (SSSR count). The van der Waals surface area contributed by atoms with Gasteiger partial charge in [-0.15, -0.1) is 0 Å². The van der Waals surface area contributed by atoms with Crippen molar-refractivity contribution in [1.82, 2.24) is 0 Å². The van der Waals surface area contributed by atoms with E-state index in [0.29, 0.717) is 48.7 Å². The van der Waals surface area contributed by atoms with Crippen LogP contribution in [0.1, 0.15) is 163 Å². The monoisotopic (exact) mass is 626 g/mol. The van der Waals surface area contributed by atoms with Gasteiger partial charge in [0.05, 0.1) is 6.10 Å². The number of aliphatic hydroxyl groups excluding tert-OH is 1. The Labute approximate surface area is 275 Å². The number of carbonyl (C=O) groups is 3. The lowest BCUT2D eigenvalue weighted by atomic mass is 9.46. The normalized spacial score (nSPS) is 34.0. The molecule has 0 aromatic carbocycles. The molecule has 0 saturated heterocycles. The van der Waals surface area contributed by atoms with Crippen LogP contribution in [0.15, 0.2) is 11.6 Å². The molecule has 9 atom stereocenters. The molecule has 1 N–H and O–H groups in total. The Kier molecular flexibility index (Phi) is 13.4. The minimum atomic E-state index is -0.303. The van der Waals surface area contributed by atoms with Crippen molar-refractivity contribution in [2.75, 3.05) is 0 Å². The summed E-state index contributed by atoms with van der Waals surface area (Å²) >= 11 is 0. The molecule has 4 aliphatic carbocycles. The summed E-state index contributed by atoms with van der Waals surface area (Å²) in [6, 6.07) is 0. The molecule has 3 saturated carbocycles. The fourth-order valence-corrected chi connectivity index (χ4v) is 10.5. The van der Waals surface area contributed by atoms with Gasteiger partial charge in [0.1, 0.15) is 18.2 Å². The van der Waals surface area contributed by atoms with Crippen molar-refractivity contribution < 1.29 is 24.2 Å². The van der Waals surface area contributed by atoms with E-state index in [9.17, 15) is 19.5 Å². The lowest BCUT2D eigenvalue weighted by Gasteiger charge is -2.58. The van der Waals surface area contributed by atoms with Crippen molar-refractivity contribution >= 4 is 18.0 Å². The van der Waals surface area contributed by atoms with E-state index in [2.05, 4.69) is 40.7 Å². The number of Topliss-reactive ketones (excluding diaryl/α,β-unsaturated/α-hetero) is 1. The zero-order chi connectivity index (χ0) is 32.6. The molecule has 0 aromatic rings. The molecule has 0 aliphatic heterocycles. The van der Waals surface area contributed by atoms with Gasteiger partial charge >= 0.3 is 5.97 Å². The number of carbonyl (C=O) groups excluding carboxylic acids is 3. The predicted molar refractivity (Wildman–Crippen MR) is 182 cm³/mol. The molecule has 9 unspecified atom stereocenters. The first-order chi connectivity index (χ1) is 21.5. The molecule has 4 aliphatic rings. The van der Waals surface area contributed by atoms with Gasteiger partial charge in [-0.25, -0.2) is 0 Å². The molecule has 0 bridgehead atoms. The van der Waals surface area contributed by atoms with Crippen molar-refractivity contribution in [2.24, 2.45) is 46.3 Å². The van der Waals surface area contributed by atoms with Gasteiger partial charge in [-0.2, -0.15) is 0 Å². The molecule has 45 heavy (non-hydrogen) atoms. The van der Waals surface area contributed by atoms with Gasteiger partial charge in [0.25, 0.3) is 0 Å². The third-order valence-electron chi connectivity index (χ3n) is 13.2. The van der Waals surface area contributed by atoms with Gasteiger partial charge in [0.2, 0.25) is 0 Å². The van der Waals surface area contributed by atoms with Crippen molar-refractivity contribution in [3.8, 4) is 0 Å². The third kappa shape index (κ3) is 8.90. The summed E-state index contributed by atoms with van der Waals surface area (Å²) in [5.74, 6) is 3.81. The summed E-state index contributed by atoms with van der Waals surface area (Å²) in [6.45, 7) is 12.1. The first-order valence-corrected chi connectivity index (χ1v) is 19.0. The van der Waals surface area contributed by atoms with Crippen LogP contribution in [-0.2, 0) is 19.1 Å². The highest BCUT2D eigenvalue weighted by molar-refractivity contribution is 5.86. The predicted octanol–water partition coefficient (Wildman–Crippen LogP) is 9.58. The minimum absolute atomic E-state index is 0.0614. The Bertz CT molecular complexity index is 1020. The molecular weight excluding hydrogens is 560 g/mol. The number of hydrogen-bond donors (Lipinski definition) is 1. The van der Waals surface area contributed by atoms with Crippen molar-refractivity contribution in [3.63, 3.8) is 0 Å². The summed E-state index contributed by atoms with van der Waals surface area (Å²) in [6.07, 6.45) is 22.1. The van der Waals surface area contributed by atoms with Crippen LogP contribution in [0.2, 0.25) is 0 Å². The minimum Gasteiger partial charge on any atom is -0.458 e. The highest BCUT2D eigenvalue weighted by Gasteiger charge is 2.61. The van der Waals surface area contributed by atoms with E-state index in [1.54, 1.807) is 0 Å². The second kappa shape index (κ2) is 16.6. The SMILES string of the molecule is CC(C)CCCC(C)C1CCC2C3C(=O)CC4=CC(OC(=O)CCCCCCCC(O)CCCC=O)CCC4(C)C3CCC12C. The summed E-state index contributed by atoms with van der Waals surface area (Å²) in [5.41, 5.74) is 1.62. The van der Waals surface area contributed by atoms with Crippen LogP contribution in [0.5, 0.6) is 0 Å². The average Bonchev–Trinajstić information content (AvgIpc) is 3.34. The van der Waals surface area contributed by atoms with E-state index in [1.165, 1.54) is 44.1 Å². The molecule has 5 heteroatoms. The molecule has 0 heterocycles. The first-order valence-electron chi connectivity index (χ1n) is 19.0. The molecule has 256 valence electrons. The summed E-state index contributed by atoms with van der Waals surface area (Å²) < 4.78 is 5.95. The number of aldehydes is 1. The zero-order valence-electron chi connectivity index (χ0n) is 29.5. The van der Waals surface area contributed by atoms with Gasteiger partial charge in [0.15, 0.2) is 0 Å². The third-order valence-corrected chi connectivity index (χ3v) is 13.2. The van der Waals surface area contributed by atoms with Crippen LogP contribution in [-0.4, -0.2) is 35.4 Å². The van der Waals surface area contributed by atoms with E-state index < -0.39 is 0 Å². The van der Waals surface area contributed by atoms with Gasteiger partial charge in [-0.05, 0) is 111 Å². The van der Waals surface area contributed by atoms with Crippen LogP contribution in [0, 0.1) is 46.3 Å². The highest BCUT2D eigenvalue weighted by atomic mass is 16.5. The second-order valence-electron chi connectivity index (χ2n) is 16.6. The van der Waals surface area contributed by atoms with Crippen molar-refractivity contribution in [2.45, 2.75) is 175 Å². The molecule has 0 radical (unpaired) electrons. The fraction of sp³-hybridized carbons (Fsp3) is 0.875. The first kappa shape index (κ1) is 36.3. The van der Waals surface area contributed by atoms with Crippen molar-refractivity contribution in [3.05, 3.63) is 11.6 Å². The van der Waals surface area contributed by atoms with E-state index >= 15 is 0 Å². The number of aliphatic hydroxyl groups is 1. The van der Waals surface area contributed by atoms with Gasteiger partial charge in [-0.3, -0.25) is 9.59 Å². The molecular formula is C40H66O5. The number of esters is 1. The Morgan fingerprint density at radius 3 is 2.40 bits per heavy atom. The van der Waals surface area contributed by atoms with Crippen LogP contribution < -0.4 is 0 Å². The summed E-state index contributed by atoms with van der Waals surface area (Å²) in [4.78, 5) is 37.0. The number of hydrogen-bond acceptors (Lipinski definition) is 5. The largest absolute Gasteiger partial charge is 0.458 e. The maximum atomic E-state index is 13.9. The van der Waals surface area contributed by atoms with Gasteiger partial charge < -0.3 is 14.6 Å². The van der Waals surface area contributed by atoms with Crippen molar-refractivity contribution in [1.29, 1.82) is 0 Å². The number of fused-ring (bicyclic) bond motifs is 5. The standard InChI is InChI=1S/C40H66O5/c1-28(2)14-13-15-29(3)33-19-20-34-38-35(22-24-40(33,34)5)39(4)23-21-32(26-30(39)27-36(38)43)45-37(44)18-10-8-6-7-9-16-31(42)17-11-12-25-41/h25-26,28-29,31-35,38,42H,6-24,27H2,1-5H3. The average molecular weight is 627 g/mol. The lowest BCUT2D eigenvalue weighted by molar-refractivity contribution is -0.149. The number of ketones is 1. The van der Waals surface area contributed by atoms with Gasteiger partial charge in [-0.1, -0.05) is 85.1 Å². The van der Waals surface area contributed by atoms with Crippen LogP contribution >= 0.6 is 0 Å². The molecule has 3 fully saturated rings. The summed E-state index contributed by atoms with van der Waals surface area (Å²) in [7, 11) is 0. The maximum absolute atomic E-state index is 13.9. The van der Waals surface area contributed by atoms with E-state index in [1.807, 2.05) is 0 Å². The van der Waals surface area contributed by atoms with Crippen LogP contribution in [0.25, 0.3) is 0 Å². The Hall–Kier alpha value is -1.49. The summed E-state index contributed by atoms with van der Waals surface area (Å²) in [5, 5.41) is 9.98. The maximum Gasteiger partial charge on any atom is 0.306 e. The van der Waals surface area contributed by atoms with Crippen LogP contribution in [0.3, 0.4) is 0 Å². The number of allylic oxidation sites excluding steroid dienone is 1. The van der Waals surface area contributed by atoms with E-state index in [0.717, 1.165) is 88.2 Å². The topological polar surface area (TPSA) is 80.7 Å². The van der Waals surface area contributed by atoms with Crippen LogP contribution in [0.4, 0.5) is 0 Å². The molecule has 0 spiro atoms. The van der Waals surface area contributed by atoms with E-state index in [4.69, 9.17) is 4.74 Å². The lowest BCUT2D eigenvalue weighted by Crippen LogP contribution is -2.54. The second-order valence-corrected chi connectivity index (χ2v) is 16.6. The quantitative estimate of drug-likeness (QED) is 0.0709. The molecule has 0 amide bonds. The molecule has 5 nitrogen and oxygen atoms in total. The number of rotatable bonds is 18. The zero-order valence-corrected chi connectivity index (χ0v) is 29.5. The Balaban J connectivity index is 1.23. The molecule has 0 aromatic heterocycles.